The fourth-order valence-electron chi connectivity index (χ4n) is 4.95. The van der Waals surface area contributed by atoms with E-state index in [9.17, 15) is 9.90 Å². The second-order valence-electron chi connectivity index (χ2n) is 7.93. The molecule has 2 fully saturated rings. The van der Waals surface area contributed by atoms with Crippen molar-refractivity contribution in [2.75, 3.05) is 6.54 Å². The highest BCUT2D eigenvalue weighted by Crippen LogP contribution is 2.47. The fourth-order valence-corrected chi connectivity index (χ4v) is 4.95. The number of likely N-dealkylation sites (tertiary alicyclic amines) is 1. The third kappa shape index (κ3) is 3.29. The van der Waals surface area contributed by atoms with Crippen molar-refractivity contribution in [3.05, 3.63) is 53.4 Å². The van der Waals surface area contributed by atoms with E-state index in [1.54, 1.807) is 6.07 Å². The molecule has 0 bridgehead atoms. The Morgan fingerprint density at radius 3 is 2.85 bits per heavy atom. The first-order chi connectivity index (χ1) is 13.1. The minimum absolute atomic E-state index is 0.0523. The van der Waals surface area contributed by atoms with E-state index in [2.05, 4.69) is 12.1 Å². The molecule has 1 aromatic heterocycles. The first-order valence-corrected chi connectivity index (χ1v) is 10.2. The van der Waals surface area contributed by atoms with Gasteiger partial charge >= 0.3 is 0 Å². The van der Waals surface area contributed by atoms with Gasteiger partial charge in [-0.3, -0.25) is 4.79 Å². The highest BCUT2D eigenvalue weighted by Gasteiger charge is 2.50. The van der Waals surface area contributed by atoms with Crippen LogP contribution < -0.4 is 0 Å². The molecule has 1 aliphatic carbocycles. The molecule has 0 radical (unpaired) electrons. The van der Waals surface area contributed by atoms with Crippen LogP contribution in [0.4, 0.5) is 0 Å². The molecule has 4 rings (SSSR count). The van der Waals surface area contributed by atoms with Gasteiger partial charge in [0.25, 0.3) is 5.91 Å². The third-order valence-electron chi connectivity index (χ3n) is 6.29. The Morgan fingerprint density at radius 1 is 1.30 bits per heavy atom. The number of aliphatic hydroxyl groups is 1. The van der Waals surface area contributed by atoms with E-state index in [0.717, 1.165) is 49.8 Å². The summed E-state index contributed by atoms with van der Waals surface area (Å²) in [7, 11) is 0. The Kier molecular flexibility index (Phi) is 5.04. The van der Waals surface area contributed by atoms with E-state index in [-0.39, 0.29) is 17.9 Å². The van der Waals surface area contributed by atoms with E-state index < -0.39 is 5.60 Å². The van der Waals surface area contributed by atoms with E-state index in [4.69, 9.17) is 4.52 Å². The lowest BCUT2D eigenvalue weighted by molar-refractivity contribution is -0.110. The fraction of sp³-hybridized carbons (Fsp3) is 0.545. The van der Waals surface area contributed by atoms with Crippen LogP contribution in [0.3, 0.4) is 0 Å². The first kappa shape index (κ1) is 18.2. The maximum Gasteiger partial charge on any atom is 0.276 e. The lowest BCUT2D eigenvalue weighted by atomic mass is 9.66. The average molecular weight is 368 g/mol. The second-order valence-corrected chi connectivity index (χ2v) is 7.93. The molecule has 1 aliphatic heterocycles. The molecule has 1 amide bonds. The van der Waals surface area contributed by atoms with Crippen LogP contribution in [0, 0.1) is 5.92 Å². The monoisotopic (exact) mass is 368 g/mol. The summed E-state index contributed by atoms with van der Waals surface area (Å²) in [5.74, 6) is 0.764. The second kappa shape index (κ2) is 7.47. The van der Waals surface area contributed by atoms with E-state index in [1.807, 2.05) is 35.2 Å². The first-order valence-electron chi connectivity index (χ1n) is 10.2. The van der Waals surface area contributed by atoms with Gasteiger partial charge < -0.3 is 14.5 Å². The van der Waals surface area contributed by atoms with Gasteiger partial charge in [0.1, 0.15) is 5.76 Å². The predicted octanol–water partition coefficient (Wildman–Crippen LogP) is 3.92. The number of carbonyl (C=O) groups excluding carboxylic acids is 1. The van der Waals surface area contributed by atoms with Crippen LogP contribution in [-0.2, 0) is 12.0 Å². The lowest BCUT2D eigenvalue weighted by Crippen LogP contribution is -2.59. The van der Waals surface area contributed by atoms with Crippen molar-refractivity contribution in [1.82, 2.24) is 10.1 Å². The Hall–Kier alpha value is -2.14. The van der Waals surface area contributed by atoms with Gasteiger partial charge in [0.2, 0.25) is 0 Å². The number of fused-ring (bicyclic) bond motifs is 1. The number of hydrogen-bond donors (Lipinski definition) is 1. The average Bonchev–Trinajstić information content (AvgIpc) is 3.18. The summed E-state index contributed by atoms with van der Waals surface area (Å²) in [6.45, 7) is 2.62. The number of carbonyl (C=O) groups is 1. The number of aromatic nitrogens is 1. The summed E-state index contributed by atoms with van der Waals surface area (Å²) in [6.07, 6.45) is 6.38. The number of aryl methyl sites for hydroxylation is 1. The number of rotatable bonds is 4. The zero-order valence-corrected chi connectivity index (χ0v) is 15.9. The van der Waals surface area contributed by atoms with Gasteiger partial charge in [0.05, 0.1) is 5.60 Å². The maximum absolute atomic E-state index is 13.1. The van der Waals surface area contributed by atoms with E-state index in [0.29, 0.717) is 18.7 Å². The summed E-state index contributed by atoms with van der Waals surface area (Å²) in [6, 6.07) is 11.8. The van der Waals surface area contributed by atoms with Gasteiger partial charge in [-0.15, -0.1) is 0 Å². The summed E-state index contributed by atoms with van der Waals surface area (Å²) >= 11 is 0. The summed E-state index contributed by atoms with van der Waals surface area (Å²) in [5, 5.41) is 15.6. The van der Waals surface area contributed by atoms with Crippen LogP contribution in [0.5, 0.6) is 0 Å². The molecule has 1 N–H and O–H groups in total. The standard InChI is InChI=1S/C22H28N2O3/c1-2-8-17-15-19(23-27-17)21(25)24-14-13-22(26,16-9-4-3-5-10-16)18-11-6-7-12-20(18)24/h3-5,9-10,15,18,20,26H,2,6-8,11-14H2,1H3/t18-,20-,22+/m0/s1. The molecule has 144 valence electrons. The zero-order valence-electron chi connectivity index (χ0n) is 15.9. The van der Waals surface area contributed by atoms with Gasteiger partial charge in [-0.1, -0.05) is 55.3 Å². The van der Waals surface area contributed by atoms with Crippen LogP contribution in [0.2, 0.25) is 0 Å². The molecule has 5 nitrogen and oxygen atoms in total. The molecular weight excluding hydrogens is 340 g/mol. The van der Waals surface area contributed by atoms with Gasteiger partial charge in [-0.05, 0) is 31.2 Å². The highest BCUT2D eigenvalue weighted by molar-refractivity contribution is 5.92. The molecule has 1 saturated heterocycles. The van der Waals surface area contributed by atoms with E-state index >= 15 is 0 Å². The molecule has 1 aromatic carbocycles. The van der Waals surface area contributed by atoms with Gasteiger partial charge in [-0.25, -0.2) is 0 Å². The number of benzene rings is 1. The van der Waals surface area contributed by atoms with Crippen LogP contribution >= 0.6 is 0 Å². The molecule has 0 unspecified atom stereocenters. The Bertz CT molecular complexity index is 788. The van der Waals surface area contributed by atoms with Gasteiger partial charge in [0.15, 0.2) is 5.69 Å². The summed E-state index contributed by atoms with van der Waals surface area (Å²) in [5.41, 5.74) is 0.508. The van der Waals surface area contributed by atoms with Crippen molar-refractivity contribution >= 4 is 5.91 Å². The normalized spacial score (nSPS) is 28.0. The molecule has 27 heavy (non-hydrogen) atoms. The van der Waals surface area contributed by atoms with Crippen molar-refractivity contribution in [3.8, 4) is 0 Å². The van der Waals surface area contributed by atoms with Crippen LogP contribution in [0.15, 0.2) is 40.9 Å². The molecule has 2 aromatic rings. The number of nitrogens with zero attached hydrogens (tertiary/aromatic N) is 2. The highest BCUT2D eigenvalue weighted by atomic mass is 16.5. The third-order valence-corrected chi connectivity index (χ3v) is 6.29. The Balaban J connectivity index is 1.60. The minimum atomic E-state index is -0.861. The number of piperidine rings is 1. The van der Waals surface area contributed by atoms with Crippen molar-refractivity contribution < 1.29 is 14.4 Å². The quantitative estimate of drug-likeness (QED) is 0.888. The van der Waals surface area contributed by atoms with Crippen LogP contribution in [-0.4, -0.2) is 33.7 Å². The van der Waals surface area contributed by atoms with Gasteiger partial charge in [0, 0.05) is 31.0 Å². The van der Waals surface area contributed by atoms with Crippen molar-refractivity contribution in [3.63, 3.8) is 0 Å². The zero-order chi connectivity index (χ0) is 18.9. The Labute approximate surface area is 160 Å². The molecular formula is C22H28N2O3. The lowest BCUT2D eigenvalue weighted by Gasteiger charge is -2.52. The molecule has 3 atom stereocenters. The number of amides is 1. The molecule has 2 aliphatic rings. The minimum Gasteiger partial charge on any atom is -0.385 e. The molecule has 5 heteroatoms. The predicted molar refractivity (Wildman–Crippen MR) is 102 cm³/mol. The summed E-state index contributed by atoms with van der Waals surface area (Å²) in [4.78, 5) is 15.1. The van der Waals surface area contributed by atoms with E-state index in [1.165, 1.54) is 0 Å². The SMILES string of the molecule is CCCc1cc(C(=O)N2CC[C@@](O)(c3ccccc3)[C@H]3CCCC[C@@H]32)no1. The summed E-state index contributed by atoms with van der Waals surface area (Å²) < 4.78 is 5.32. The molecule has 0 spiro atoms. The van der Waals surface area contributed by atoms with Crippen molar-refractivity contribution in [2.24, 2.45) is 5.92 Å². The van der Waals surface area contributed by atoms with Gasteiger partial charge in [-0.2, -0.15) is 0 Å². The smallest absolute Gasteiger partial charge is 0.276 e. The number of hydrogen-bond acceptors (Lipinski definition) is 4. The topological polar surface area (TPSA) is 66.6 Å². The van der Waals surface area contributed by atoms with Crippen LogP contribution in [0.1, 0.15) is 67.3 Å². The van der Waals surface area contributed by atoms with Crippen molar-refractivity contribution in [2.45, 2.75) is 63.5 Å². The van der Waals surface area contributed by atoms with Crippen molar-refractivity contribution in [1.29, 1.82) is 0 Å². The Morgan fingerprint density at radius 2 is 2.07 bits per heavy atom. The van der Waals surface area contributed by atoms with Crippen LogP contribution in [0.25, 0.3) is 0 Å². The molecule has 2 heterocycles. The largest absolute Gasteiger partial charge is 0.385 e. The maximum atomic E-state index is 13.1. The molecule has 1 saturated carbocycles.